The van der Waals surface area contributed by atoms with E-state index in [1.807, 2.05) is 38.1 Å². The van der Waals surface area contributed by atoms with E-state index in [0.29, 0.717) is 5.69 Å². The van der Waals surface area contributed by atoms with E-state index >= 15 is 0 Å². The van der Waals surface area contributed by atoms with E-state index < -0.39 is 17.3 Å². The molecule has 0 aromatic carbocycles. The number of rotatable bonds is 4. The molecular formula is C22H16F3N5Pt. The van der Waals surface area contributed by atoms with Gasteiger partial charge >= 0.3 is 27.2 Å². The molecule has 0 N–H and O–H groups in total. The van der Waals surface area contributed by atoms with Crippen molar-refractivity contribution in [1.29, 1.82) is 0 Å². The summed E-state index contributed by atoms with van der Waals surface area (Å²) in [5, 5.41) is 3.55. The molecule has 160 valence electrons. The van der Waals surface area contributed by atoms with Crippen molar-refractivity contribution in [3.05, 3.63) is 90.3 Å². The first kappa shape index (κ1) is 22.8. The van der Waals surface area contributed by atoms with Crippen LogP contribution in [0.2, 0.25) is 0 Å². The summed E-state index contributed by atoms with van der Waals surface area (Å²) in [6, 6.07) is 16.4. The summed E-state index contributed by atoms with van der Waals surface area (Å²) in [4.78, 5) is 13.4. The van der Waals surface area contributed by atoms with Crippen LogP contribution in [0.1, 0.15) is 30.9 Å². The Balaban J connectivity index is 0.00000272. The Morgan fingerprint density at radius 3 is 2.29 bits per heavy atom. The predicted molar refractivity (Wildman–Crippen MR) is 104 cm³/mol. The normalized spacial score (nSPS) is 11.8. The monoisotopic (exact) mass is 602 g/mol. The second-order valence-electron chi connectivity index (χ2n) is 7.13. The summed E-state index contributed by atoms with van der Waals surface area (Å²) in [6.07, 6.45) is 1.26. The molecule has 31 heavy (non-hydrogen) atoms. The average Bonchev–Trinajstić information content (AvgIpc) is 3.26. The number of alkyl halides is 3. The van der Waals surface area contributed by atoms with Crippen molar-refractivity contribution in [2.24, 2.45) is 0 Å². The van der Waals surface area contributed by atoms with Crippen molar-refractivity contribution in [3.63, 3.8) is 0 Å². The molecule has 0 fully saturated rings. The standard InChI is InChI=1S/C22H16F3N5.Pt/c1-21(2,17-8-3-7-16(27-17)15-6-5-12-26-14-15)18-9-4-10-20(28-18)30-13-11-19(29-30)22(23,24)25;/h3-5,7-12,14H,1-2H3;/q-2;+2. The fraction of sp³-hybridized carbons (Fsp3) is 0.182. The Morgan fingerprint density at radius 2 is 1.65 bits per heavy atom. The minimum Gasteiger partial charge on any atom is -0.360 e. The Bertz CT molecular complexity index is 1170. The zero-order chi connectivity index (χ0) is 21.4. The van der Waals surface area contributed by atoms with Crippen LogP contribution in [0.3, 0.4) is 0 Å². The van der Waals surface area contributed by atoms with E-state index in [1.165, 1.54) is 0 Å². The van der Waals surface area contributed by atoms with Crippen molar-refractivity contribution < 1.29 is 34.2 Å². The molecule has 0 unspecified atom stereocenters. The molecule has 4 aromatic rings. The molecule has 4 aromatic heterocycles. The maximum atomic E-state index is 12.9. The fourth-order valence-corrected chi connectivity index (χ4v) is 2.96. The average molecular weight is 602 g/mol. The molecule has 0 bridgehead atoms. The molecule has 0 atom stereocenters. The number of nitrogens with zero attached hydrogens (tertiary/aromatic N) is 5. The van der Waals surface area contributed by atoms with E-state index in [0.717, 1.165) is 27.7 Å². The Kier molecular flexibility index (Phi) is 6.41. The van der Waals surface area contributed by atoms with Gasteiger partial charge in [0.25, 0.3) is 0 Å². The molecule has 5 nitrogen and oxygen atoms in total. The number of pyridine rings is 3. The molecule has 9 heteroatoms. The van der Waals surface area contributed by atoms with Gasteiger partial charge in [-0.15, -0.1) is 23.8 Å². The summed E-state index contributed by atoms with van der Waals surface area (Å²) in [7, 11) is 0. The zero-order valence-corrected chi connectivity index (χ0v) is 18.7. The minimum absolute atomic E-state index is 0. The maximum Gasteiger partial charge on any atom is 2.00 e. The van der Waals surface area contributed by atoms with Crippen LogP contribution in [-0.4, -0.2) is 24.7 Å². The Labute approximate surface area is 191 Å². The molecule has 4 heterocycles. The molecule has 0 radical (unpaired) electrons. The van der Waals surface area contributed by atoms with Crippen LogP contribution in [0, 0.1) is 12.3 Å². The quantitative estimate of drug-likeness (QED) is 0.319. The largest absolute Gasteiger partial charge is 2.00 e. The van der Waals surface area contributed by atoms with Crippen LogP contribution in [0.5, 0.6) is 0 Å². The number of halogens is 3. The van der Waals surface area contributed by atoms with Crippen molar-refractivity contribution in [3.8, 4) is 17.1 Å². The van der Waals surface area contributed by atoms with Gasteiger partial charge < -0.3 is 14.6 Å². The zero-order valence-electron chi connectivity index (χ0n) is 16.5. The second kappa shape index (κ2) is 8.71. The van der Waals surface area contributed by atoms with Gasteiger partial charge in [0.1, 0.15) is 0 Å². The van der Waals surface area contributed by atoms with Gasteiger partial charge in [-0.3, -0.25) is 10.1 Å². The third-order valence-corrected chi connectivity index (χ3v) is 4.68. The summed E-state index contributed by atoms with van der Waals surface area (Å²) >= 11 is 0. The molecule has 4 rings (SSSR count). The van der Waals surface area contributed by atoms with Gasteiger partial charge in [-0.05, 0) is 31.7 Å². The molecule has 0 aliphatic carbocycles. The fourth-order valence-electron chi connectivity index (χ4n) is 2.96. The van der Waals surface area contributed by atoms with Gasteiger partial charge in [-0.2, -0.15) is 13.2 Å². The number of hydrogen-bond donors (Lipinski definition) is 0. The SMILES string of the molecule is CC(C)(c1cccc(-c2[c-]ccnc2)n1)c1cccc(-n2[c-]cc(C(F)(F)F)n2)n1.[Pt+2]. The van der Waals surface area contributed by atoms with Crippen molar-refractivity contribution in [2.45, 2.75) is 25.4 Å². The number of aromatic nitrogens is 5. The summed E-state index contributed by atoms with van der Waals surface area (Å²) < 4.78 is 39.6. The third kappa shape index (κ3) is 4.74. The summed E-state index contributed by atoms with van der Waals surface area (Å²) in [5.41, 5.74) is 1.24. The van der Waals surface area contributed by atoms with Crippen LogP contribution in [0.25, 0.3) is 17.1 Å². The topological polar surface area (TPSA) is 56.5 Å². The second-order valence-corrected chi connectivity index (χ2v) is 7.13. The van der Waals surface area contributed by atoms with Crippen molar-refractivity contribution in [1.82, 2.24) is 24.7 Å². The number of hydrogen-bond acceptors (Lipinski definition) is 4. The molecule has 0 amide bonds. The van der Waals surface area contributed by atoms with E-state index in [4.69, 9.17) is 4.98 Å². The first-order chi connectivity index (χ1) is 14.2. The van der Waals surface area contributed by atoms with Crippen LogP contribution >= 0.6 is 0 Å². The molecule has 0 saturated heterocycles. The Hall–Kier alpha value is -2.86. The smallest absolute Gasteiger partial charge is 0.360 e. The molecule has 0 spiro atoms. The molecule has 0 saturated carbocycles. The van der Waals surface area contributed by atoms with Crippen LogP contribution in [-0.2, 0) is 32.7 Å². The Morgan fingerprint density at radius 1 is 0.935 bits per heavy atom. The molecule has 0 aliphatic rings. The predicted octanol–water partition coefficient (Wildman–Crippen LogP) is 4.67. The van der Waals surface area contributed by atoms with Crippen molar-refractivity contribution in [2.75, 3.05) is 0 Å². The van der Waals surface area contributed by atoms with Crippen molar-refractivity contribution >= 4 is 0 Å². The van der Waals surface area contributed by atoms with Gasteiger partial charge in [-0.25, -0.2) is 0 Å². The van der Waals surface area contributed by atoms with E-state index in [2.05, 4.69) is 27.3 Å². The maximum absolute atomic E-state index is 12.9. The van der Waals surface area contributed by atoms with Gasteiger partial charge in [0.2, 0.25) is 0 Å². The first-order valence-electron chi connectivity index (χ1n) is 9.07. The summed E-state index contributed by atoms with van der Waals surface area (Å²) in [6.45, 7) is 3.90. The summed E-state index contributed by atoms with van der Waals surface area (Å²) in [5.74, 6) is 0.243. The minimum atomic E-state index is -4.54. The van der Waals surface area contributed by atoms with E-state index in [1.54, 1.807) is 30.6 Å². The van der Waals surface area contributed by atoms with Gasteiger partial charge in [0.15, 0.2) is 0 Å². The van der Waals surface area contributed by atoms with Crippen LogP contribution in [0.4, 0.5) is 13.2 Å². The van der Waals surface area contributed by atoms with E-state index in [-0.39, 0.29) is 26.9 Å². The van der Waals surface area contributed by atoms with Gasteiger partial charge in [0, 0.05) is 16.8 Å². The van der Waals surface area contributed by atoms with E-state index in [9.17, 15) is 13.2 Å². The molecule has 0 aliphatic heterocycles. The first-order valence-corrected chi connectivity index (χ1v) is 9.07. The van der Waals surface area contributed by atoms with Gasteiger partial charge in [0.05, 0.1) is 11.5 Å². The van der Waals surface area contributed by atoms with Crippen LogP contribution in [0.15, 0.2) is 60.9 Å². The molecular weight excluding hydrogens is 586 g/mol. The van der Waals surface area contributed by atoms with Gasteiger partial charge in [-0.1, -0.05) is 42.9 Å². The van der Waals surface area contributed by atoms with Crippen LogP contribution < -0.4 is 0 Å². The third-order valence-electron chi connectivity index (χ3n) is 4.68.